The molecule has 0 saturated heterocycles. The predicted octanol–water partition coefficient (Wildman–Crippen LogP) is 4.80. The summed E-state index contributed by atoms with van der Waals surface area (Å²) in [5.41, 5.74) is 4.90. The van der Waals surface area contributed by atoms with Gasteiger partial charge in [-0.05, 0) is 89.0 Å². The number of aromatic carboxylic acids is 2. The number of hydrogen-bond acceptors (Lipinski definition) is 6. The molecule has 0 spiro atoms. The lowest BCUT2D eigenvalue weighted by atomic mass is 10.1. The van der Waals surface area contributed by atoms with Crippen LogP contribution in [0.1, 0.15) is 84.4 Å². The van der Waals surface area contributed by atoms with E-state index in [-0.39, 0.29) is 60.9 Å². The van der Waals surface area contributed by atoms with E-state index in [1.54, 1.807) is 18.2 Å². The summed E-state index contributed by atoms with van der Waals surface area (Å²) in [7, 11) is 0. The van der Waals surface area contributed by atoms with Gasteiger partial charge in [-0.15, -0.1) is 0 Å². The van der Waals surface area contributed by atoms with Gasteiger partial charge in [0.05, 0.1) is 11.1 Å². The summed E-state index contributed by atoms with van der Waals surface area (Å²) in [5, 5.41) is 29.3. The summed E-state index contributed by atoms with van der Waals surface area (Å²) in [6.45, 7) is 1.03. The van der Waals surface area contributed by atoms with Crippen LogP contribution in [-0.2, 0) is 26.2 Å². The summed E-state index contributed by atoms with van der Waals surface area (Å²) in [5.74, 6) is -3.48. The maximum atomic E-state index is 12.9. The quantitative estimate of drug-likeness (QED) is 0.0953. The third-order valence-corrected chi connectivity index (χ3v) is 8.03. The Balaban J connectivity index is 1.04. The van der Waals surface area contributed by atoms with Crippen molar-refractivity contribution in [2.45, 2.75) is 26.2 Å². The maximum absolute atomic E-state index is 12.9. The van der Waals surface area contributed by atoms with Gasteiger partial charge in [0, 0.05) is 48.4 Å². The molecule has 12 heteroatoms. The molecule has 0 saturated carbocycles. The Labute approximate surface area is 298 Å². The molecule has 0 aromatic heterocycles. The number of hydrogen-bond donors (Lipinski definition) is 6. The average molecular weight is 699 g/mol. The first-order valence-corrected chi connectivity index (χ1v) is 16.1. The van der Waals surface area contributed by atoms with Crippen molar-refractivity contribution in [2.75, 3.05) is 0 Å². The molecule has 6 N–H and O–H groups in total. The summed E-state index contributed by atoms with van der Waals surface area (Å²) < 4.78 is 0. The van der Waals surface area contributed by atoms with Crippen LogP contribution >= 0.6 is 0 Å². The summed E-state index contributed by atoms with van der Waals surface area (Å²) >= 11 is 0. The highest BCUT2D eigenvalue weighted by molar-refractivity contribution is 6.00. The predicted molar refractivity (Wildman–Crippen MR) is 191 cm³/mol. The molecular weight excluding hydrogens is 664 g/mol. The number of carboxylic acids is 2. The van der Waals surface area contributed by atoms with E-state index in [1.165, 1.54) is 54.6 Å². The van der Waals surface area contributed by atoms with Crippen LogP contribution in [0.5, 0.6) is 0 Å². The van der Waals surface area contributed by atoms with E-state index < -0.39 is 11.9 Å². The minimum absolute atomic E-state index is 0.0993. The van der Waals surface area contributed by atoms with Crippen LogP contribution in [0.2, 0.25) is 0 Å². The Kier molecular flexibility index (Phi) is 11.9. The Bertz CT molecular complexity index is 1950. The van der Waals surface area contributed by atoms with Crippen LogP contribution < -0.4 is 21.3 Å². The molecule has 0 heterocycles. The van der Waals surface area contributed by atoms with E-state index in [2.05, 4.69) is 21.3 Å². The summed E-state index contributed by atoms with van der Waals surface area (Å²) in [6.07, 6.45) is 0. The smallest absolute Gasteiger partial charge is 0.335 e. The highest BCUT2D eigenvalue weighted by atomic mass is 16.4. The monoisotopic (exact) mass is 698 g/mol. The Morgan fingerprint density at radius 3 is 0.865 bits per heavy atom. The number of rotatable bonds is 14. The van der Waals surface area contributed by atoms with Crippen LogP contribution in [0.15, 0.2) is 121 Å². The fourth-order valence-electron chi connectivity index (χ4n) is 5.02. The van der Waals surface area contributed by atoms with Crippen molar-refractivity contribution >= 4 is 35.6 Å². The minimum Gasteiger partial charge on any atom is -0.478 e. The topological polar surface area (TPSA) is 191 Å². The molecule has 0 aliphatic rings. The molecule has 0 aliphatic carbocycles. The highest BCUT2D eigenvalue weighted by Crippen LogP contribution is 2.11. The largest absolute Gasteiger partial charge is 0.478 e. The second-order valence-electron chi connectivity index (χ2n) is 11.7. The van der Waals surface area contributed by atoms with Crippen LogP contribution in [0.4, 0.5) is 0 Å². The second-order valence-corrected chi connectivity index (χ2v) is 11.7. The van der Waals surface area contributed by atoms with E-state index in [1.807, 2.05) is 48.5 Å². The number of carbonyl (C=O) groups is 6. The molecule has 0 fully saturated rings. The van der Waals surface area contributed by atoms with Gasteiger partial charge in [0.15, 0.2) is 0 Å². The Morgan fingerprint density at radius 2 is 0.596 bits per heavy atom. The van der Waals surface area contributed by atoms with E-state index in [0.29, 0.717) is 22.3 Å². The van der Waals surface area contributed by atoms with Crippen molar-refractivity contribution in [2.24, 2.45) is 0 Å². The van der Waals surface area contributed by atoms with Crippen LogP contribution in [-0.4, -0.2) is 45.8 Å². The number of nitrogens with one attached hydrogen (secondary N) is 4. The molecule has 12 nitrogen and oxygen atoms in total. The molecule has 5 aromatic rings. The first-order chi connectivity index (χ1) is 25.0. The molecular formula is C40H34N4O8. The lowest BCUT2D eigenvalue weighted by Gasteiger charge is -2.10. The van der Waals surface area contributed by atoms with E-state index in [9.17, 15) is 28.8 Å². The maximum Gasteiger partial charge on any atom is 0.335 e. The molecule has 0 bridgehead atoms. The zero-order valence-corrected chi connectivity index (χ0v) is 27.7. The molecule has 52 heavy (non-hydrogen) atoms. The lowest BCUT2D eigenvalue weighted by Crippen LogP contribution is -2.25. The zero-order valence-electron chi connectivity index (χ0n) is 27.7. The molecule has 4 amide bonds. The summed E-state index contributed by atoms with van der Waals surface area (Å²) in [4.78, 5) is 72.6. The van der Waals surface area contributed by atoms with Gasteiger partial charge in [-0.25, -0.2) is 9.59 Å². The average Bonchev–Trinajstić information content (AvgIpc) is 3.18. The molecule has 262 valence electrons. The SMILES string of the molecule is O=C(O)c1ccc(C(=O)NCc2ccc(CNC(=O)c3cccc(C(=O)NCc4ccc(CNC(=O)c5ccc(C(=O)O)cc5)cc4)c3)cc2)cc1. The second kappa shape index (κ2) is 17.0. The third-order valence-electron chi connectivity index (χ3n) is 8.03. The normalized spacial score (nSPS) is 10.5. The summed E-state index contributed by atoms with van der Waals surface area (Å²) in [6, 6.07) is 32.4. The first kappa shape index (κ1) is 36.2. The fraction of sp³-hybridized carbons (Fsp3) is 0.100. The zero-order chi connectivity index (χ0) is 37.0. The number of benzene rings is 5. The van der Waals surface area contributed by atoms with Crippen LogP contribution in [0.3, 0.4) is 0 Å². The van der Waals surface area contributed by atoms with E-state index >= 15 is 0 Å². The van der Waals surface area contributed by atoms with Gasteiger partial charge < -0.3 is 31.5 Å². The first-order valence-electron chi connectivity index (χ1n) is 16.1. The van der Waals surface area contributed by atoms with E-state index in [0.717, 1.165) is 22.3 Å². The van der Waals surface area contributed by atoms with Gasteiger partial charge in [-0.1, -0.05) is 54.6 Å². The number of amides is 4. The Hall–Kier alpha value is -7.08. The lowest BCUT2D eigenvalue weighted by molar-refractivity contribution is 0.0686. The van der Waals surface area contributed by atoms with Crippen molar-refractivity contribution in [3.05, 3.63) is 177 Å². The highest BCUT2D eigenvalue weighted by Gasteiger charge is 2.12. The van der Waals surface area contributed by atoms with E-state index in [4.69, 9.17) is 10.2 Å². The van der Waals surface area contributed by atoms with Gasteiger partial charge in [-0.3, -0.25) is 19.2 Å². The fourth-order valence-corrected chi connectivity index (χ4v) is 5.02. The van der Waals surface area contributed by atoms with Crippen molar-refractivity contribution in [3.63, 3.8) is 0 Å². The molecule has 0 aliphatic heterocycles. The van der Waals surface area contributed by atoms with Crippen molar-refractivity contribution in [3.8, 4) is 0 Å². The van der Waals surface area contributed by atoms with Gasteiger partial charge in [0.2, 0.25) is 0 Å². The minimum atomic E-state index is -1.06. The van der Waals surface area contributed by atoms with Gasteiger partial charge in [-0.2, -0.15) is 0 Å². The molecule has 0 atom stereocenters. The molecule has 0 unspecified atom stereocenters. The van der Waals surface area contributed by atoms with Gasteiger partial charge >= 0.3 is 11.9 Å². The van der Waals surface area contributed by atoms with Crippen molar-refractivity contribution < 1.29 is 39.0 Å². The van der Waals surface area contributed by atoms with Gasteiger partial charge in [0.1, 0.15) is 0 Å². The molecule has 0 radical (unpaired) electrons. The van der Waals surface area contributed by atoms with Gasteiger partial charge in [0.25, 0.3) is 23.6 Å². The van der Waals surface area contributed by atoms with Crippen molar-refractivity contribution in [1.29, 1.82) is 0 Å². The molecule has 5 aromatic carbocycles. The van der Waals surface area contributed by atoms with Crippen LogP contribution in [0, 0.1) is 0 Å². The molecule has 5 rings (SSSR count). The Morgan fingerprint density at radius 1 is 0.346 bits per heavy atom. The van der Waals surface area contributed by atoms with Crippen molar-refractivity contribution in [1.82, 2.24) is 21.3 Å². The number of carbonyl (C=O) groups excluding carboxylic acids is 4. The number of carboxylic acid groups (broad SMARTS) is 2. The van der Waals surface area contributed by atoms with Crippen LogP contribution in [0.25, 0.3) is 0 Å². The third kappa shape index (κ3) is 9.98. The standard InChI is InChI=1S/C40H34N4O8/c45-35(29-12-16-31(17-13-29)39(49)50)41-21-25-4-8-27(9-5-25)23-43-37(47)33-2-1-3-34(20-33)38(48)44-24-28-10-6-26(7-11-28)22-42-36(46)30-14-18-32(19-15-30)40(51)52/h1-20H,21-24H2,(H,41,45)(H,42,46)(H,43,47)(H,44,48)(H,49,50)(H,51,52).